The predicted octanol–water partition coefficient (Wildman–Crippen LogP) is 5.89. The summed E-state index contributed by atoms with van der Waals surface area (Å²) in [5.41, 5.74) is 0.396. The molecule has 2 heterocycles. The van der Waals surface area contributed by atoms with Crippen molar-refractivity contribution in [2.45, 2.75) is 32.4 Å². The zero-order valence-corrected chi connectivity index (χ0v) is 25.0. The van der Waals surface area contributed by atoms with Gasteiger partial charge in [-0.3, -0.25) is 4.79 Å². The number of fused-ring (bicyclic) bond motifs is 2. The Morgan fingerprint density at radius 3 is 2.64 bits per heavy atom. The molecule has 1 aliphatic rings. The lowest BCUT2D eigenvalue weighted by molar-refractivity contribution is -0.128. The third-order valence-electron chi connectivity index (χ3n) is 7.70. The predicted molar refractivity (Wildman–Crippen MR) is 166 cm³/mol. The van der Waals surface area contributed by atoms with Gasteiger partial charge in [0.05, 0.1) is 11.6 Å². The lowest BCUT2D eigenvalue weighted by Crippen LogP contribution is -2.58. The van der Waals surface area contributed by atoms with E-state index in [1.165, 1.54) is 12.1 Å². The lowest BCUT2D eigenvalue weighted by Gasteiger charge is -2.44. The first-order valence-corrected chi connectivity index (χ1v) is 14.4. The maximum atomic E-state index is 16.7. The zero-order chi connectivity index (χ0) is 30.1. The van der Waals surface area contributed by atoms with Crippen LogP contribution in [0.15, 0.2) is 55.1 Å². The number of phenolic OH excluding ortho intramolecular Hbond substituents is 1. The van der Waals surface area contributed by atoms with Crippen LogP contribution in [0.25, 0.3) is 32.8 Å². The molecule has 10 heteroatoms. The average Bonchev–Trinajstić information content (AvgIpc) is 2.97. The van der Waals surface area contributed by atoms with Crippen molar-refractivity contribution in [2.24, 2.45) is 0 Å². The van der Waals surface area contributed by atoms with E-state index < -0.39 is 5.82 Å². The van der Waals surface area contributed by atoms with Crippen LogP contribution in [0.3, 0.4) is 0 Å². The van der Waals surface area contributed by atoms with Crippen LogP contribution in [0.4, 0.5) is 10.2 Å². The van der Waals surface area contributed by atoms with E-state index in [2.05, 4.69) is 11.6 Å². The maximum Gasteiger partial charge on any atom is 0.319 e. The number of carbonyl (C=O) groups excluding carboxylic acids is 1. The average molecular weight is 592 g/mol. The number of hydrogen-bond donors (Lipinski definition) is 1. The highest BCUT2D eigenvalue weighted by Crippen LogP contribution is 2.45. The minimum Gasteiger partial charge on any atom is -0.507 e. The number of carbonyl (C=O) groups is 1. The Labute approximate surface area is 250 Å². The number of aromatic nitrogens is 2. The molecule has 0 saturated carbocycles. The highest BCUT2D eigenvalue weighted by Gasteiger charge is 2.34. The Morgan fingerprint density at radius 2 is 1.90 bits per heavy atom. The highest BCUT2D eigenvalue weighted by molar-refractivity contribution is 6.35. The Hall–Kier alpha value is -3.95. The van der Waals surface area contributed by atoms with Gasteiger partial charge in [-0.05, 0) is 63.3 Å². The molecular weight excluding hydrogens is 557 g/mol. The minimum absolute atomic E-state index is 0.0406. The largest absolute Gasteiger partial charge is 0.507 e. The third kappa shape index (κ3) is 5.58. The van der Waals surface area contributed by atoms with Crippen LogP contribution in [0.5, 0.6) is 11.8 Å². The van der Waals surface area contributed by atoms with Gasteiger partial charge in [0.2, 0.25) is 5.91 Å². The smallest absolute Gasteiger partial charge is 0.319 e. The topological polar surface area (TPSA) is 82.0 Å². The number of phenols is 1. The standard InChI is InChI=1S/C32H35ClFN5O3/c1-6-26(41)38-17-20(3)39(18-19(38)2)31-23-16-24(33)28(27-22-11-8-7-10-21(22)12-13-25(27)40)29(34)30(23)35-32(36-31)42-15-9-14-37(4)5/h6-8,10-13,16,19-20,40H,1,9,14-15,17-18H2,2-5H3/t19-,20+/m1/s1. The number of halogens is 2. The van der Waals surface area contributed by atoms with E-state index in [1.807, 2.05) is 62.0 Å². The minimum atomic E-state index is -0.674. The van der Waals surface area contributed by atoms with Crippen LogP contribution in [0, 0.1) is 5.82 Å². The van der Waals surface area contributed by atoms with Gasteiger partial charge in [0.1, 0.15) is 17.1 Å². The number of nitrogens with zero attached hydrogens (tertiary/aromatic N) is 5. The van der Waals surface area contributed by atoms with Crippen molar-refractivity contribution in [3.8, 4) is 22.9 Å². The molecule has 0 unspecified atom stereocenters. The molecule has 1 fully saturated rings. The molecule has 0 bridgehead atoms. The van der Waals surface area contributed by atoms with Gasteiger partial charge in [-0.1, -0.05) is 48.5 Å². The summed E-state index contributed by atoms with van der Waals surface area (Å²) in [6.07, 6.45) is 2.05. The lowest BCUT2D eigenvalue weighted by atomic mass is 9.95. The maximum absolute atomic E-state index is 16.7. The Morgan fingerprint density at radius 1 is 1.14 bits per heavy atom. The number of anilines is 1. The van der Waals surface area contributed by atoms with Gasteiger partial charge in [0.15, 0.2) is 5.82 Å². The Bertz CT molecular complexity index is 1660. The van der Waals surface area contributed by atoms with Crippen molar-refractivity contribution in [3.63, 3.8) is 0 Å². The molecule has 220 valence electrons. The van der Waals surface area contributed by atoms with Gasteiger partial charge >= 0.3 is 6.01 Å². The molecule has 3 aromatic carbocycles. The number of hydrogen-bond acceptors (Lipinski definition) is 7. The summed E-state index contributed by atoms with van der Waals surface area (Å²) in [6, 6.07) is 12.2. The van der Waals surface area contributed by atoms with Gasteiger partial charge in [0.25, 0.3) is 0 Å². The number of aromatic hydroxyl groups is 1. The fourth-order valence-corrected chi connectivity index (χ4v) is 5.87. The van der Waals surface area contributed by atoms with E-state index in [4.69, 9.17) is 21.3 Å². The molecular formula is C32H35ClFN5O3. The van der Waals surface area contributed by atoms with E-state index in [-0.39, 0.29) is 45.9 Å². The number of ether oxygens (including phenoxy) is 1. The molecule has 1 saturated heterocycles. The third-order valence-corrected chi connectivity index (χ3v) is 7.99. The number of amides is 1. The highest BCUT2D eigenvalue weighted by atomic mass is 35.5. The van der Waals surface area contributed by atoms with Crippen LogP contribution in [-0.2, 0) is 4.79 Å². The molecule has 4 aromatic rings. The molecule has 1 aliphatic heterocycles. The van der Waals surface area contributed by atoms with Crippen molar-refractivity contribution in [1.82, 2.24) is 19.8 Å². The molecule has 0 radical (unpaired) electrons. The van der Waals surface area contributed by atoms with Gasteiger partial charge in [-0.15, -0.1) is 0 Å². The first-order chi connectivity index (χ1) is 20.1. The molecule has 5 rings (SSSR count). The van der Waals surface area contributed by atoms with E-state index in [1.54, 1.807) is 17.0 Å². The second-order valence-electron chi connectivity index (χ2n) is 11.0. The molecule has 0 aliphatic carbocycles. The number of piperazine rings is 1. The summed E-state index contributed by atoms with van der Waals surface area (Å²) in [7, 11) is 3.96. The van der Waals surface area contributed by atoms with Crippen LogP contribution in [-0.4, -0.2) is 83.2 Å². The second kappa shape index (κ2) is 12.1. The SMILES string of the molecule is C=CC(=O)N1C[C@H](C)N(c2nc(OCCCN(C)C)nc3c(F)c(-c4c(O)ccc5ccccc45)c(Cl)cc23)C[C@H]1C. The molecule has 1 N–H and O–H groups in total. The zero-order valence-electron chi connectivity index (χ0n) is 24.3. The second-order valence-corrected chi connectivity index (χ2v) is 11.4. The molecule has 1 aromatic heterocycles. The summed E-state index contributed by atoms with van der Waals surface area (Å²) in [6.45, 7) is 9.63. The van der Waals surface area contributed by atoms with Crippen molar-refractivity contribution >= 4 is 45.0 Å². The van der Waals surface area contributed by atoms with E-state index in [9.17, 15) is 9.90 Å². The molecule has 42 heavy (non-hydrogen) atoms. The van der Waals surface area contributed by atoms with Gasteiger partial charge in [0, 0.05) is 48.2 Å². The monoisotopic (exact) mass is 591 g/mol. The Balaban J connectivity index is 1.68. The number of benzene rings is 3. The molecule has 8 nitrogen and oxygen atoms in total. The van der Waals surface area contributed by atoms with Crippen LogP contribution in [0.1, 0.15) is 20.3 Å². The fraction of sp³-hybridized carbons (Fsp3) is 0.344. The van der Waals surface area contributed by atoms with Crippen molar-refractivity contribution < 1.29 is 19.0 Å². The summed E-state index contributed by atoms with van der Waals surface area (Å²) in [4.78, 5) is 27.6. The van der Waals surface area contributed by atoms with Crippen LogP contribution >= 0.6 is 11.6 Å². The molecule has 2 atom stereocenters. The quantitative estimate of drug-likeness (QED) is 0.202. The molecule has 1 amide bonds. The van der Waals surface area contributed by atoms with E-state index >= 15 is 4.39 Å². The first-order valence-electron chi connectivity index (χ1n) is 14.0. The first kappa shape index (κ1) is 29.5. The summed E-state index contributed by atoms with van der Waals surface area (Å²) in [5.74, 6) is -0.428. The normalized spacial score (nSPS) is 17.3. The van der Waals surface area contributed by atoms with Gasteiger partial charge < -0.3 is 24.5 Å². The van der Waals surface area contributed by atoms with Crippen molar-refractivity contribution in [1.29, 1.82) is 0 Å². The van der Waals surface area contributed by atoms with Crippen LogP contribution < -0.4 is 9.64 Å². The van der Waals surface area contributed by atoms with Crippen LogP contribution in [0.2, 0.25) is 5.02 Å². The molecule has 0 spiro atoms. The summed E-state index contributed by atoms with van der Waals surface area (Å²) < 4.78 is 22.7. The van der Waals surface area contributed by atoms with Crippen molar-refractivity contribution in [2.75, 3.05) is 45.2 Å². The van der Waals surface area contributed by atoms with Crippen molar-refractivity contribution in [3.05, 3.63) is 66.0 Å². The Kier molecular flexibility index (Phi) is 8.52. The van der Waals surface area contributed by atoms with Gasteiger partial charge in [-0.25, -0.2) is 4.39 Å². The fourth-order valence-electron chi connectivity index (χ4n) is 5.59. The van der Waals surface area contributed by atoms with E-state index in [0.29, 0.717) is 41.9 Å². The summed E-state index contributed by atoms with van der Waals surface area (Å²) in [5, 5.41) is 12.9. The van der Waals surface area contributed by atoms with E-state index in [0.717, 1.165) is 18.4 Å². The van der Waals surface area contributed by atoms with Gasteiger partial charge in [-0.2, -0.15) is 9.97 Å². The summed E-state index contributed by atoms with van der Waals surface area (Å²) >= 11 is 6.82. The number of rotatable bonds is 8.